The zero-order valence-electron chi connectivity index (χ0n) is 15.5. The number of piperidine rings is 1. The van der Waals surface area contributed by atoms with Crippen molar-refractivity contribution < 1.29 is 13.9 Å². The summed E-state index contributed by atoms with van der Waals surface area (Å²) in [7, 11) is 2.11. The van der Waals surface area contributed by atoms with E-state index in [1.54, 1.807) is 0 Å². The quantitative estimate of drug-likeness (QED) is 0.798. The van der Waals surface area contributed by atoms with Crippen molar-refractivity contribution in [1.82, 2.24) is 9.80 Å². The Kier molecular flexibility index (Phi) is 3.89. The molecule has 5 nitrogen and oxygen atoms in total. The van der Waals surface area contributed by atoms with Crippen molar-refractivity contribution in [3.8, 4) is 0 Å². The minimum atomic E-state index is -0.458. The molecule has 3 heterocycles. The Labute approximate surface area is 148 Å². The Bertz CT molecular complexity index is 831. The van der Waals surface area contributed by atoms with Crippen molar-refractivity contribution in [3.05, 3.63) is 34.6 Å². The molecule has 2 aliphatic rings. The largest absolute Gasteiger partial charge is 0.451 e. The summed E-state index contributed by atoms with van der Waals surface area (Å²) in [6.07, 6.45) is 1.71. The molecule has 2 fully saturated rings. The normalized spacial score (nSPS) is 20.7. The lowest BCUT2D eigenvalue weighted by Gasteiger charge is -2.42. The van der Waals surface area contributed by atoms with Crippen LogP contribution in [0.2, 0.25) is 0 Å². The fourth-order valence-corrected chi connectivity index (χ4v) is 4.39. The minimum absolute atomic E-state index is 0.0344. The smallest absolute Gasteiger partial charge is 0.292 e. The molecule has 0 radical (unpaired) electrons. The van der Waals surface area contributed by atoms with E-state index >= 15 is 0 Å². The highest BCUT2D eigenvalue weighted by Gasteiger charge is 2.47. The van der Waals surface area contributed by atoms with Gasteiger partial charge in [-0.1, -0.05) is 6.07 Å². The summed E-state index contributed by atoms with van der Waals surface area (Å²) in [5.41, 5.74) is 3.58. The third-order valence-corrected chi connectivity index (χ3v) is 5.76. The van der Waals surface area contributed by atoms with Crippen molar-refractivity contribution in [3.63, 3.8) is 0 Å². The van der Waals surface area contributed by atoms with E-state index in [-0.39, 0.29) is 5.91 Å². The summed E-state index contributed by atoms with van der Waals surface area (Å²) in [5, 5.41) is 1.06. The lowest BCUT2D eigenvalue weighted by Crippen LogP contribution is -2.54. The van der Waals surface area contributed by atoms with Crippen LogP contribution in [0.15, 0.2) is 16.5 Å². The number of fused-ring (bicyclic) bond motifs is 1. The van der Waals surface area contributed by atoms with Gasteiger partial charge in [-0.05, 0) is 45.0 Å². The summed E-state index contributed by atoms with van der Waals surface area (Å²) >= 11 is 0. The van der Waals surface area contributed by atoms with Crippen LogP contribution in [0.5, 0.6) is 0 Å². The van der Waals surface area contributed by atoms with Gasteiger partial charge in [0.1, 0.15) is 11.3 Å². The van der Waals surface area contributed by atoms with Gasteiger partial charge in [0.2, 0.25) is 0 Å². The lowest BCUT2D eigenvalue weighted by molar-refractivity contribution is -0.103. The van der Waals surface area contributed by atoms with E-state index < -0.39 is 5.72 Å². The number of benzene rings is 1. The van der Waals surface area contributed by atoms with E-state index in [9.17, 15) is 4.79 Å². The predicted octanol–water partition coefficient (Wildman–Crippen LogP) is 3.25. The molecule has 4 rings (SSSR count). The van der Waals surface area contributed by atoms with Crippen molar-refractivity contribution in [2.24, 2.45) is 0 Å². The first-order chi connectivity index (χ1) is 11.9. The molecule has 0 unspecified atom stereocenters. The van der Waals surface area contributed by atoms with Gasteiger partial charge >= 0.3 is 0 Å². The molecular weight excluding hydrogens is 316 g/mol. The monoisotopic (exact) mass is 342 g/mol. The zero-order valence-corrected chi connectivity index (χ0v) is 15.5. The van der Waals surface area contributed by atoms with Crippen LogP contribution in [0.3, 0.4) is 0 Å². The molecule has 2 saturated heterocycles. The van der Waals surface area contributed by atoms with Gasteiger partial charge in [0.05, 0.1) is 6.61 Å². The van der Waals surface area contributed by atoms with E-state index in [0.29, 0.717) is 18.9 Å². The maximum Gasteiger partial charge on any atom is 0.292 e. The van der Waals surface area contributed by atoms with E-state index in [0.717, 1.165) is 53.6 Å². The van der Waals surface area contributed by atoms with Crippen LogP contribution in [0.1, 0.15) is 40.1 Å². The molecule has 0 atom stereocenters. The summed E-state index contributed by atoms with van der Waals surface area (Å²) < 4.78 is 12.1. The Morgan fingerprint density at radius 2 is 1.84 bits per heavy atom. The SMILES string of the molecule is Cc1cc(C)c2c(C)c(C(=O)N3CCOC34CCN(C)CC4)oc2c1. The number of furan rings is 1. The predicted molar refractivity (Wildman–Crippen MR) is 96.9 cm³/mol. The number of rotatable bonds is 1. The third-order valence-electron chi connectivity index (χ3n) is 5.76. The van der Waals surface area contributed by atoms with Gasteiger partial charge in [0, 0.05) is 43.4 Å². The van der Waals surface area contributed by atoms with Gasteiger partial charge < -0.3 is 19.0 Å². The third kappa shape index (κ3) is 2.57. The topological polar surface area (TPSA) is 45.9 Å². The number of carbonyl (C=O) groups excluding carboxylic acids is 1. The van der Waals surface area contributed by atoms with Gasteiger partial charge in [-0.3, -0.25) is 4.79 Å². The molecule has 1 spiro atoms. The maximum atomic E-state index is 13.3. The second kappa shape index (κ2) is 5.85. The van der Waals surface area contributed by atoms with Gasteiger partial charge in [-0.25, -0.2) is 0 Å². The summed E-state index contributed by atoms with van der Waals surface area (Å²) in [4.78, 5) is 17.5. The van der Waals surface area contributed by atoms with Crippen LogP contribution in [0, 0.1) is 20.8 Å². The summed E-state index contributed by atoms with van der Waals surface area (Å²) in [5.74, 6) is 0.431. The Hall–Kier alpha value is -1.85. The highest BCUT2D eigenvalue weighted by molar-refractivity contribution is 6.00. The molecule has 0 aliphatic carbocycles. The van der Waals surface area contributed by atoms with E-state index in [1.807, 2.05) is 24.8 Å². The van der Waals surface area contributed by atoms with Crippen molar-refractivity contribution >= 4 is 16.9 Å². The Morgan fingerprint density at radius 3 is 2.56 bits per heavy atom. The summed E-state index contributed by atoms with van der Waals surface area (Å²) in [6.45, 7) is 9.24. The Balaban J connectivity index is 1.72. The van der Waals surface area contributed by atoms with Crippen LogP contribution in [0.4, 0.5) is 0 Å². The molecule has 2 aromatic rings. The molecule has 0 N–H and O–H groups in total. The van der Waals surface area contributed by atoms with E-state index in [2.05, 4.69) is 24.9 Å². The molecule has 0 saturated carbocycles. The lowest BCUT2D eigenvalue weighted by atomic mass is 9.98. The summed E-state index contributed by atoms with van der Waals surface area (Å²) in [6, 6.07) is 4.15. The average Bonchev–Trinajstić information content (AvgIpc) is 3.11. The molecule has 1 aromatic heterocycles. The molecule has 1 aromatic carbocycles. The van der Waals surface area contributed by atoms with Crippen molar-refractivity contribution in [2.75, 3.05) is 33.3 Å². The standard InChI is InChI=1S/C20H26N2O3/c1-13-11-14(2)17-15(3)18(25-16(17)12-13)19(23)22-9-10-24-20(22)5-7-21(4)8-6-20/h11-12H,5-10H2,1-4H3. The van der Waals surface area contributed by atoms with Crippen LogP contribution >= 0.6 is 0 Å². The fraction of sp³-hybridized carbons (Fsp3) is 0.550. The maximum absolute atomic E-state index is 13.3. The highest BCUT2D eigenvalue weighted by Crippen LogP contribution is 2.37. The number of nitrogens with zero attached hydrogens (tertiary/aromatic N) is 2. The first kappa shape index (κ1) is 16.6. The number of amides is 1. The number of hydrogen-bond acceptors (Lipinski definition) is 4. The van der Waals surface area contributed by atoms with Crippen molar-refractivity contribution in [1.29, 1.82) is 0 Å². The molecule has 134 valence electrons. The molecule has 0 bridgehead atoms. The number of ether oxygens (including phenoxy) is 1. The molecular formula is C20H26N2O3. The molecule has 5 heteroatoms. The van der Waals surface area contributed by atoms with Gasteiger partial charge in [0.15, 0.2) is 5.76 Å². The fourth-order valence-electron chi connectivity index (χ4n) is 4.39. The number of likely N-dealkylation sites (tertiary alicyclic amines) is 1. The number of carbonyl (C=O) groups is 1. The van der Waals surface area contributed by atoms with Crippen LogP contribution in [-0.4, -0.2) is 54.7 Å². The Morgan fingerprint density at radius 1 is 1.12 bits per heavy atom. The van der Waals surface area contributed by atoms with Crippen LogP contribution < -0.4 is 0 Å². The van der Waals surface area contributed by atoms with Crippen LogP contribution in [0.25, 0.3) is 11.0 Å². The van der Waals surface area contributed by atoms with E-state index in [1.165, 1.54) is 0 Å². The first-order valence-corrected chi connectivity index (χ1v) is 9.06. The van der Waals surface area contributed by atoms with Gasteiger partial charge in [-0.15, -0.1) is 0 Å². The highest BCUT2D eigenvalue weighted by atomic mass is 16.5. The van der Waals surface area contributed by atoms with E-state index in [4.69, 9.17) is 9.15 Å². The van der Waals surface area contributed by atoms with Crippen LogP contribution in [-0.2, 0) is 4.74 Å². The number of aryl methyl sites for hydroxylation is 3. The molecule has 2 aliphatic heterocycles. The minimum Gasteiger partial charge on any atom is -0.451 e. The van der Waals surface area contributed by atoms with Crippen molar-refractivity contribution in [2.45, 2.75) is 39.3 Å². The molecule has 1 amide bonds. The zero-order chi connectivity index (χ0) is 17.8. The average molecular weight is 342 g/mol. The second-order valence-electron chi connectivity index (χ2n) is 7.57. The number of hydrogen-bond donors (Lipinski definition) is 0. The first-order valence-electron chi connectivity index (χ1n) is 9.06. The second-order valence-corrected chi connectivity index (χ2v) is 7.57. The molecule has 25 heavy (non-hydrogen) atoms. The van der Waals surface area contributed by atoms with Gasteiger partial charge in [0.25, 0.3) is 5.91 Å². The van der Waals surface area contributed by atoms with Gasteiger partial charge in [-0.2, -0.15) is 0 Å².